The van der Waals surface area contributed by atoms with Gasteiger partial charge in [-0.25, -0.2) is 9.36 Å². The van der Waals surface area contributed by atoms with Crippen LogP contribution in [0.2, 0.25) is 0 Å². The first kappa shape index (κ1) is 19.2. The number of benzene rings is 2. The second-order valence-corrected chi connectivity index (χ2v) is 5.97. The van der Waals surface area contributed by atoms with Gasteiger partial charge in [-0.1, -0.05) is 25.1 Å². The summed E-state index contributed by atoms with van der Waals surface area (Å²) in [5, 5.41) is 10.7. The van der Waals surface area contributed by atoms with Crippen LogP contribution in [-0.2, 0) is 0 Å². The molecule has 0 fully saturated rings. The Morgan fingerprint density at radius 2 is 1.75 bits per heavy atom. The number of H-pyrrole nitrogens is 1. The molecule has 144 valence electrons. The van der Waals surface area contributed by atoms with Crippen molar-refractivity contribution in [3.05, 3.63) is 81.0 Å². The van der Waals surface area contributed by atoms with Crippen LogP contribution in [0.15, 0.2) is 69.2 Å². The fourth-order valence-corrected chi connectivity index (χ4v) is 2.85. The lowest BCUT2D eigenvalue weighted by atomic mass is 10.1. The highest BCUT2D eigenvalue weighted by molar-refractivity contribution is 6.03. The van der Waals surface area contributed by atoms with E-state index in [1.54, 1.807) is 54.6 Å². The van der Waals surface area contributed by atoms with Crippen LogP contribution in [0.3, 0.4) is 0 Å². The van der Waals surface area contributed by atoms with Crippen LogP contribution in [-0.4, -0.2) is 27.0 Å². The van der Waals surface area contributed by atoms with Gasteiger partial charge in [-0.05, 0) is 49.7 Å². The van der Waals surface area contributed by atoms with E-state index in [4.69, 9.17) is 4.74 Å². The average molecular weight is 379 g/mol. The Labute approximate surface area is 161 Å². The molecule has 0 bridgehead atoms. The predicted octanol–water partition coefficient (Wildman–Crippen LogP) is 3.16. The smallest absolute Gasteiger partial charge is 0.335 e. The molecule has 2 aromatic carbocycles. The molecule has 0 saturated carbocycles. The Bertz CT molecular complexity index is 1100. The molecule has 0 saturated heterocycles. The maximum absolute atomic E-state index is 12.4. The second-order valence-electron chi connectivity index (χ2n) is 5.97. The van der Waals surface area contributed by atoms with Crippen LogP contribution in [0.1, 0.15) is 25.8 Å². The molecule has 0 amide bonds. The summed E-state index contributed by atoms with van der Waals surface area (Å²) < 4.78 is 6.47. The molecule has 3 rings (SSSR count). The van der Waals surface area contributed by atoms with Gasteiger partial charge in [0.05, 0.1) is 23.7 Å². The number of aromatic amines is 1. The van der Waals surface area contributed by atoms with Gasteiger partial charge in [-0.2, -0.15) is 0 Å². The molecule has 1 heterocycles. The maximum atomic E-state index is 12.4. The molecule has 0 radical (unpaired) electrons. The van der Waals surface area contributed by atoms with Crippen molar-refractivity contribution in [2.24, 2.45) is 4.99 Å². The lowest BCUT2D eigenvalue weighted by Crippen LogP contribution is -2.33. The number of aliphatic imine (C=N–C) groups is 1. The van der Waals surface area contributed by atoms with Gasteiger partial charge in [0.25, 0.3) is 5.56 Å². The van der Waals surface area contributed by atoms with Crippen LogP contribution in [0.4, 0.5) is 5.69 Å². The van der Waals surface area contributed by atoms with E-state index in [1.165, 1.54) is 0 Å². The van der Waals surface area contributed by atoms with Gasteiger partial charge in [0, 0.05) is 0 Å². The van der Waals surface area contributed by atoms with Gasteiger partial charge in [0.1, 0.15) is 11.3 Å². The summed E-state index contributed by atoms with van der Waals surface area (Å²) in [7, 11) is 0. The highest BCUT2D eigenvalue weighted by atomic mass is 16.5. The van der Waals surface area contributed by atoms with E-state index in [0.717, 1.165) is 10.3 Å². The van der Waals surface area contributed by atoms with Gasteiger partial charge in [0.15, 0.2) is 0 Å². The number of aromatic nitrogens is 2. The minimum Gasteiger partial charge on any atom is -0.494 e. The SMILES string of the molecule is CCOc1ccc(N=C(CC)c2c(O)n(-c3ccccc3)c(=O)[nH]c2=O)cc1. The number of hydrogen-bond donors (Lipinski definition) is 2. The van der Waals surface area contributed by atoms with Gasteiger partial charge in [-0.3, -0.25) is 14.8 Å². The normalized spacial score (nSPS) is 11.4. The summed E-state index contributed by atoms with van der Waals surface area (Å²) in [4.78, 5) is 31.5. The maximum Gasteiger partial charge on any atom is 0.335 e. The number of para-hydroxylation sites is 1. The van der Waals surface area contributed by atoms with E-state index in [1.807, 2.05) is 13.8 Å². The van der Waals surface area contributed by atoms with Crippen molar-refractivity contribution in [2.45, 2.75) is 20.3 Å². The molecule has 0 atom stereocenters. The number of nitrogens with one attached hydrogen (secondary N) is 1. The first-order valence-corrected chi connectivity index (χ1v) is 8.99. The van der Waals surface area contributed by atoms with Gasteiger partial charge < -0.3 is 9.84 Å². The van der Waals surface area contributed by atoms with Crippen molar-refractivity contribution in [3.63, 3.8) is 0 Å². The summed E-state index contributed by atoms with van der Waals surface area (Å²) in [6.45, 7) is 4.29. The first-order chi connectivity index (χ1) is 13.5. The molecule has 0 aliphatic heterocycles. The highest BCUT2D eigenvalue weighted by Crippen LogP contribution is 2.22. The summed E-state index contributed by atoms with van der Waals surface area (Å²) >= 11 is 0. The Morgan fingerprint density at radius 1 is 1.07 bits per heavy atom. The number of nitrogens with zero attached hydrogens (tertiary/aromatic N) is 2. The molecule has 0 aliphatic carbocycles. The van der Waals surface area contributed by atoms with E-state index in [9.17, 15) is 14.7 Å². The lowest BCUT2D eigenvalue weighted by molar-refractivity contribution is 0.340. The Hall–Kier alpha value is -3.61. The number of hydrogen-bond acceptors (Lipinski definition) is 5. The van der Waals surface area contributed by atoms with E-state index in [2.05, 4.69) is 9.98 Å². The average Bonchev–Trinajstić information content (AvgIpc) is 2.69. The topological polar surface area (TPSA) is 96.7 Å². The molecule has 0 aliphatic rings. The van der Waals surface area contributed by atoms with Gasteiger partial charge >= 0.3 is 5.69 Å². The van der Waals surface area contributed by atoms with Crippen LogP contribution < -0.4 is 16.0 Å². The zero-order valence-corrected chi connectivity index (χ0v) is 15.7. The number of aromatic hydroxyl groups is 1. The molecule has 7 nitrogen and oxygen atoms in total. The minimum absolute atomic E-state index is 0.0279. The van der Waals surface area contributed by atoms with E-state index < -0.39 is 17.1 Å². The minimum atomic E-state index is -0.714. The summed E-state index contributed by atoms with van der Waals surface area (Å²) in [6.07, 6.45) is 0.386. The molecule has 0 unspecified atom stereocenters. The standard InChI is InChI=1S/C21H21N3O4/c1-3-17(22-14-10-12-16(13-11-14)28-4-2)18-19(25)23-21(27)24(20(18)26)15-8-6-5-7-9-15/h5-13,26H,3-4H2,1-2H3,(H,23,25,27). The fraction of sp³-hybridized carbons (Fsp3) is 0.190. The van der Waals surface area contributed by atoms with Crippen LogP contribution in [0.5, 0.6) is 11.6 Å². The van der Waals surface area contributed by atoms with E-state index >= 15 is 0 Å². The summed E-state index contributed by atoms with van der Waals surface area (Å²) in [5.74, 6) is 0.282. The molecule has 1 aromatic heterocycles. The molecule has 28 heavy (non-hydrogen) atoms. The fourth-order valence-electron chi connectivity index (χ4n) is 2.85. The summed E-state index contributed by atoms with van der Waals surface area (Å²) in [6, 6.07) is 15.7. The van der Waals surface area contributed by atoms with Crippen molar-refractivity contribution in [1.29, 1.82) is 0 Å². The van der Waals surface area contributed by atoms with Crippen molar-refractivity contribution in [3.8, 4) is 17.3 Å². The van der Waals surface area contributed by atoms with Gasteiger partial charge in [0.2, 0.25) is 5.88 Å². The third-order valence-electron chi connectivity index (χ3n) is 4.14. The summed E-state index contributed by atoms with van der Waals surface area (Å²) in [5.41, 5.74) is -0.00167. The predicted molar refractivity (Wildman–Crippen MR) is 108 cm³/mol. The van der Waals surface area contributed by atoms with Crippen molar-refractivity contribution >= 4 is 11.4 Å². The Balaban J connectivity index is 2.13. The Morgan fingerprint density at radius 3 is 2.36 bits per heavy atom. The van der Waals surface area contributed by atoms with Crippen molar-refractivity contribution in [1.82, 2.24) is 9.55 Å². The molecule has 3 aromatic rings. The molecule has 0 spiro atoms. The highest BCUT2D eigenvalue weighted by Gasteiger charge is 2.19. The van der Waals surface area contributed by atoms with Crippen LogP contribution in [0.25, 0.3) is 5.69 Å². The molecular formula is C21H21N3O4. The van der Waals surface area contributed by atoms with E-state index in [0.29, 0.717) is 30.1 Å². The van der Waals surface area contributed by atoms with Crippen LogP contribution in [0, 0.1) is 0 Å². The van der Waals surface area contributed by atoms with Gasteiger partial charge in [-0.15, -0.1) is 0 Å². The third kappa shape index (κ3) is 3.88. The zero-order valence-electron chi connectivity index (χ0n) is 15.7. The van der Waals surface area contributed by atoms with Crippen molar-refractivity contribution in [2.75, 3.05) is 6.61 Å². The van der Waals surface area contributed by atoms with E-state index in [-0.39, 0.29) is 5.56 Å². The van der Waals surface area contributed by atoms with Crippen LogP contribution >= 0.6 is 0 Å². The molecular weight excluding hydrogens is 358 g/mol. The molecule has 7 heteroatoms. The third-order valence-corrected chi connectivity index (χ3v) is 4.14. The monoisotopic (exact) mass is 379 g/mol. The Kier molecular flexibility index (Phi) is 5.74. The lowest BCUT2D eigenvalue weighted by Gasteiger charge is -2.12. The number of ether oxygens (including phenoxy) is 1. The quantitative estimate of drug-likeness (QED) is 0.643. The van der Waals surface area contributed by atoms with Crippen molar-refractivity contribution < 1.29 is 9.84 Å². The first-order valence-electron chi connectivity index (χ1n) is 8.99. The second kappa shape index (κ2) is 8.39. The largest absolute Gasteiger partial charge is 0.494 e. The molecule has 2 N–H and O–H groups in total. The zero-order chi connectivity index (χ0) is 20.1. The number of rotatable bonds is 6.